The Kier molecular flexibility index (Phi) is 5.74. The molecule has 0 unspecified atom stereocenters. The molecule has 0 aliphatic heterocycles. The maximum atomic E-state index is 4.60. The standard InChI is InChI=1S/C21H28N6/c1-15(2)19-18(14-27(5)25-19)13-26(4)21(22-3)24-12-17-9-6-8-16-10-7-11-23-20(16)17/h6-11,14-15H,12-13H2,1-5H3,(H,22,24). The molecule has 0 saturated heterocycles. The topological polar surface area (TPSA) is 58.3 Å². The highest BCUT2D eigenvalue weighted by molar-refractivity contribution is 5.83. The molecule has 1 aromatic carbocycles. The average molecular weight is 364 g/mol. The normalized spacial score (nSPS) is 12.0. The minimum atomic E-state index is 0.395. The van der Waals surface area contributed by atoms with Gasteiger partial charge in [-0.15, -0.1) is 0 Å². The van der Waals surface area contributed by atoms with E-state index in [-0.39, 0.29) is 0 Å². The molecule has 0 fully saturated rings. The van der Waals surface area contributed by atoms with Crippen LogP contribution in [0.3, 0.4) is 0 Å². The third-order valence-corrected chi connectivity index (χ3v) is 4.62. The zero-order chi connectivity index (χ0) is 19.4. The summed E-state index contributed by atoms with van der Waals surface area (Å²) in [6.45, 7) is 5.78. The van der Waals surface area contributed by atoms with Crippen molar-refractivity contribution < 1.29 is 0 Å². The maximum absolute atomic E-state index is 4.60. The van der Waals surface area contributed by atoms with Gasteiger partial charge in [-0.25, -0.2) is 0 Å². The van der Waals surface area contributed by atoms with Gasteiger partial charge in [-0.3, -0.25) is 14.7 Å². The van der Waals surface area contributed by atoms with Gasteiger partial charge in [0.25, 0.3) is 0 Å². The first-order valence-electron chi connectivity index (χ1n) is 9.26. The first-order valence-corrected chi connectivity index (χ1v) is 9.26. The van der Waals surface area contributed by atoms with Crippen LogP contribution in [0, 0.1) is 0 Å². The molecular weight excluding hydrogens is 336 g/mol. The number of aryl methyl sites for hydroxylation is 1. The summed E-state index contributed by atoms with van der Waals surface area (Å²) in [4.78, 5) is 11.1. The summed E-state index contributed by atoms with van der Waals surface area (Å²) in [6.07, 6.45) is 3.93. The monoisotopic (exact) mass is 364 g/mol. The molecule has 142 valence electrons. The van der Waals surface area contributed by atoms with E-state index in [1.807, 2.05) is 38.1 Å². The summed E-state index contributed by atoms with van der Waals surface area (Å²) >= 11 is 0. The first-order chi connectivity index (χ1) is 13.0. The second-order valence-corrected chi connectivity index (χ2v) is 7.12. The Morgan fingerprint density at radius 2 is 2.00 bits per heavy atom. The van der Waals surface area contributed by atoms with E-state index in [2.05, 4.69) is 69.6 Å². The summed E-state index contributed by atoms with van der Waals surface area (Å²) in [6, 6.07) is 10.3. The molecule has 2 heterocycles. The fourth-order valence-electron chi connectivity index (χ4n) is 3.36. The summed E-state index contributed by atoms with van der Waals surface area (Å²) in [5.74, 6) is 1.24. The predicted molar refractivity (Wildman–Crippen MR) is 111 cm³/mol. The van der Waals surface area contributed by atoms with E-state index >= 15 is 0 Å². The number of fused-ring (bicyclic) bond motifs is 1. The third kappa shape index (κ3) is 4.27. The van der Waals surface area contributed by atoms with E-state index in [9.17, 15) is 0 Å². The Labute approximate surface area is 160 Å². The van der Waals surface area contributed by atoms with Gasteiger partial charge in [-0.2, -0.15) is 5.10 Å². The van der Waals surface area contributed by atoms with Crippen molar-refractivity contribution in [1.82, 2.24) is 25.0 Å². The van der Waals surface area contributed by atoms with Crippen LogP contribution in [-0.4, -0.2) is 39.7 Å². The molecule has 0 aliphatic carbocycles. The number of rotatable bonds is 5. The fraction of sp³-hybridized carbons (Fsp3) is 0.381. The Morgan fingerprint density at radius 3 is 2.74 bits per heavy atom. The lowest BCUT2D eigenvalue weighted by Crippen LogP contribution is -2.38. The van der Waals surface area contributed by atoms with Gasteiger partial charge in [0.05, 0.1) is 11.2 Å². The molecule has 0 aliphatic rings. The van der Waals surface area contributed by atoms with Crippen LogP contribution >= 0.6 is 0 Å². The van der Waals surface area contributed by atoms with Crippen LogP contribution in [0.15, 0.2) is 47.7 Å². The second-order valence-electron chi connectivity index (χ2n) is 7.12. The van der Waals surface area contributed by atoms with Crippen LogP contribution in [0.4, 0.5) is 0 Å². The lowest BCUT2D eigenvalue weighted by molar-refractivity contribution is 0.473. The van der Waals surface area contributed by atoms with Gasteiger partial charge < -0.3 is 10.2 Å². The van der Waals surface area contributed by atoms with Gasteiger partial charge in [-0.1, -0.05) is 38.1 Å². The summed E-state index contributed by atoms with van der Waals surface area (Å²) < 4.78 is 1.89. The van der Waals surface area contributed by atoms with E-state index in [0.717, 1.165) is 34.7 Å². The van der Waals surface area contributed by atoms with E-state index in [1.165, 1.54) is 5.56 Å². The van der Waals surface area contributed by atoms with Crippen molar-refractivity contribution in [3.8, 4) is 0 Å². The molecule has 27 heavy (non-hydrogen) atoms. The highest BCUT2D eigenvalue weighted by Crippen LogP contribution is 2.19. The lowest BCUT2D eigenvalue weighted by Gasteiger charge is -2.22. The number of nitrogens with one attached hydrogen (secondary N) is 1. The number of pyridine rings is 1. The maximum Gasteiger partial charge on any atom is 0.193 e. The van der Waals surface area contributed by atoms with Crippen molar-refractivity contribution in [2.24, 2.45) is 12.0 Å². The molecule has 6 heteroatoms. The molecule has 3 aromatic rings. The number of aromatic nitrogens is 3. The molecule has 0 radical (unpaired) electrons. The van der Waals surface area contributed by atoms with Gasteiger partial charge in [0.1, 0.15) is 0 Å². The molecule has 1 N–H and O–H groups in total. The van der Waals surface area contributed by atoms with Gasteiger partial charge in [0.15, 0.2) is 5.96 Å². The molecule has 0 amide bonds. The number of hydrogen-bond donors (Lipinski definition) is 1. The van der Waals surface area contributed by atoms with Crippen molar-refractivity contribution in [2.45, 2.75) is 32.9 Å². The molecule has 0 bridgehead atoms. The number of benzene rings is 1. The quantitative estimate of drug-likeness (QED) is 0.557. The highest BCUT2D eigenvalue weighted by atomic mass is 15.3. The number of hydrogen-bond acceptors (Lipinski definition) is 3. The van der Waals surface area contributed by atoms with Crippen LogP contribution in [0.1, 0.15) is 36.6 Å². The first kappa shape index (κ1) is 18.9. The molecule has 2 aromatic heterocycles. The summed E-state index contributed by atoms with van der Waals surface area (Å²) in [7, 11) is 5.83. The van der Waals surface area contributed by atoms with Gasteiger partial charge in [-0.05, 0) is 17.5 Å². The van der Waals surface area contributed by atoms with E-state index in [4.69, 9.17) is 0 Å². The average Bonchev–Trinajstić information content (AvgIpc) is 3.02. The van der Waals surface area contributed by atoms with Crippen molar-refractivity contribution >= 4 is 16.9 Å². The number of aliphatic imine (C=N–C) groups is 1. The molecule has 0 atom stereocenters. The SMILES string of the molecule is CN=C(NCc1cccc2cccnc12)N(C)Cc1cn(C)nc1C(C)C. The van der Waals surface area contributed by atoms with Crippen LogP contribution in [0.2, 0.25) is 0 Å². The zero-order valence-corrected chi connectivity index (χ0v) is 16.8. The Bertz CT molecular complexity index is 935. The molecule has 3 rings (SSSR count). The highest BCUT2D eigenvalue weighted by Gasteiger charge is 2.15. The Hall–Kier alpha value is -2.89. The van der Waals surface area contributed by atoms with Gasteiger partial charge in [0, 0.05) is 57.6 Å². The van der Waals surface area contributed by atoms with Crippen LogP contribution in [0.5, 0.6) is 0 Å². The minimum Gasteiger partial charge on any atom is -0.352 e. The molecule has 0 saturated carbocycles. The number of para-hydroxylation sites is 1. The lowest BCUT2D eigenvalue weighted by atomic mass is 10.1. The minimum absolute atomic E-state index is 0.395. The molecule has 6 nitrogen and oxygen atoms in total. The van der Waals surface area contributed by atoms with Crippen LogP contribution in [-0.2, 0) is 20.1 Å². The number of guanidine groups is 1. The molecule has 0 spiro atoms. The van der Waals surface area contributed by atoms with Crippen molar-refractivity contribution in [3.63, 3.8) is 0 Å². The second kappa shape index (κ2) is 8.20. The fourth-order valence-corrected chi connectivity index (χ4v) is 3.36. The van der Waals surface area contributed by atoms with Crippen molar-refractivity contribution in [3.05, 3.63) is 59.5 Å². The van der Waals surface area contributed by atoms with Gasteiger partial charge in [0.2, 0.25) is 0 Å². The Balaban J connectivity index is 1.72. The van der Waals surface area contributed by atoms with Crippen molar-refractivity contribution in [1.29, 1.82) is 0 Å². The Morgan fingerprint density at radius 1 is 1.22 bits per heavy atom. The number of nitrogens with zero attached hydrogens (tertiary/aromatic N) is 5. The van der Waals surface area contributed by atoms with Crippen LogP contribution < -0.4 is 5.32 Å². The van der Waals surface area contributed by atoms with E-state index in [0.29, 0.717) is 12.5 Å². The predicted octanol–water partition coefficient (Wildman–Crippen LogP) is 3.30. The van der Waals surface area contributed by atoms with E-state index in [1.54, 1.807) is 0 Å². The summed E-state index contributed by atoms with van der Waals surface area (Å²) in [5, 5.41) is 9.21. The molecular formula is C21H28N6. The zero-order valence-electron chi connectivity index (χ0n) is 16.8. The van der Waals surface area contributed by atoms with E-state index < -0.39 is 0 Å². The summed E-state index contributed by atoms with van der Waals surface area (Å²) in [5.41, 5.74) is 4.55. The van der Waals surface area contributed by atoms with Gasteiger partial charge >= 0.3 is 0 Å². The smallest absolute Gasteiger partial charge is 0.193 e. The van der Waals surface area contributed by atoms with Crippen molar-refractivity contribution in [2.75, 3.05) is 14.1 Å². The third-order valence-electron chi connectivity index (χ3n) is 4.62. The van der Waals surface area contributed by atoms with Crippen LogP contribution in [0.25, 0.3) is 10.9 Å². The largest absolute Gasteiger partial charge is 0.352 e.